The highest BCUT2D eigenvalue weighted by Crippen LogP contribution is 2.11. The summed E-state index contributed by atoms with van der Waals surface area (Å²) in [6.07, 6.45) is 7.54. The third-order valence-electron chi connectivity index (χ3n) is 1.91. The summed E-state index contributed by atoms with van der Waals surface area (Å²) in [5, 5.41) is 8.81. The van der Waals surface area contributed by atoms with Gasteiger partial charge in [-0.05, 0) is 12.5 Å². The van der Waals surface area contributed by atoms with Crippen LogP contribution >= 0.6 is 0 Å². The minimum Gasteiger partial charge on any atom is -0.478 e. The van der Waals surface area contributed by atoms with Crippen LogP contribution in [0.4, 0.5) is 0 Å². The van der Waals surface area contributed by atoms with Crippen LogP contribution in [0.15, 0.2) is 12.3 Å². The molecule has 0 aliphatic heterocycles. The number of carboxylic acids is 1. The minimum absolute atomic E-state index is 0.345. The molecule has 1 heterocycles. The first-order valence-corrected chi connectivity index (χ1v) is 4.05. The molecule has 0 unspecified atom stereocenters. The molecule has 68 valence electrons. The van der Waals surface area contributed by atoms with Crippen LogP contribution in [0.1, 0.15) is 23.0 Å². The second-order valence-electron chi connectivity index (χ2n) is 2.67. The SMILES string of the molecule is C#CCn1ccc(C(=O)O)c1CC. The second-order valence-corrected chi connectivity index (χ2v) is 2.67. The fourth-order valence-corrected chi connectivity index (χ4v) is 1.34. The van der Waals surface area contributed by atoms with Gasteiger partial charge in [-0.1, -0.05) is 12.8 Å². The molecule has 0 spiro atoms. The van der Waals surface area contributed by atoms with Crippen LogP contribution in [0.25, 0.3) is 0 Å². The van der Waals surface area contributed by atoms with Gasteiger partial charge in [0.05, 0.1) is 12.1 Å². The van der Waals surface area contributed by atoms with Crippen molar-refractivity contribution in [1.82, 2.24) is 4.57 Å². The first-order valence-electron chi connectivity index (χ1n) is 4.05. The van der Waals surface area contributed by atoms with E-state index in [0.29, 0.717) is 18.5 Å². The molecular weight excluding hydrogens is 166 g/mol. The Morgan fingerprint density at radius 3 is 2.92 bits per heavy atom. The van der Waals surface area contributed by atoms with E-state index in [9.17, 15) is 4.79 Å². The van der Waals surface area contributed by atoms with E-state index in [0.717, 1.165) is 5.69 Å². The largest absolute Gasteiger partial charge is 0.478 e. The lowest BCUT2D eigenvalue weighted by molar-refractivity contribution is 0.0695. The van der Waals surface area contributed by atoms with Crippen molar-refractivity contribution in [2.45, 2.75) is 19.9 Å². The van der Waals surface area contributed by atoms with Gasteiger partial charge in [-0.3, -0.25) is 0 Å². The second kappa shape index (κ2) is 3.81. The molecule has 0 aromatic carbocycles. The van der Waals surface area contributed by atoms with Gasteiger partial charge in [0.15, 0.2) is 0 Å². The molecule has 0 radical (unpaired) electrons. The van der Waals surface area contributed by atoms with Crippen molar-refractivity contribution in [3.63, 3.8) is 0 Å². The Labute approximate surface area is 77.0 Å². The molecule has 3 nitrogen and oxygen atoms in total. The molecule has 3 heteroatoms. The average molecular weight is 177 g/mol. The monoisotopic (exact) mass is 177 g/mol. The quantitative estimate of drug-likeness (QED) is 0.709. The molecular formula is C10H11NO2. The molecule has 1 aromatic heterocycles. The van der Waals surface area contributed by atoms with Crippen molar-refractivity contribution in [3.05, 3.63) is 23.5 Å². The van der Waals surface area contributed by atoms with Gasteiger partial charge in [-0.15, -0.1) is 6.42 Å². The zero-order valence-electron chi connectivity index (χ0n) is 7.45. The molecule has 13 heavy (non-hydrogen) atoms. The number of aromatic nitrogens is 1. The molecule has 0 aliphatic carbocycles. The van der Waals surface area contributed by atoms with Crippen LogP contribution in [0.3, 0.4) is 0 Å². The smallest absolute Gasteiger partial charge is 0.337 e. The summed E-state index contributed by atoms with van der Waals surface area (Å²) in [4.78, 5) is 10.7. The van der Waals surface area contributed by atoms with Gasteiger partial charge < -0.3 is 9.67 Å². The number of nitrogens with zero attached hydrogens (tertiary/aromatic N) is 1. The number of carboxylic acid groups (broad SMARTS) is 1. The van der Waals surface area contributed by atoms with Gasteiger partial charge in [0.1, 0.15) is 0 Å². The summed E-state index contributed by atoms with van der Waals surface area (Å²) in [7, 11) is 0. The topological polar surface area (TPSA) is 42.2 Å². The van der Waals surface area contributed by atoms with E-state index in [1.54, 1.807) is 16.8 Å². The van der Waals surface area contributed by atoms with Crippen molar-refractivity contribution in [2.75, 3.05) is 0 Å². The molecule has 1 N–H and O–H groups in total. The highest BCUT2D eigenvalue weighted by Gasteiger charge is 2.12. The summed E-state index contributed by atoms with van der Waals surface area (Å²) >= 11 is 0. The van der Waals surface area contributed by atoms with E-state index >= 15 is 0 Å². The average Bonchev–Trinajstić information content (AvgIpc) is 2.48. The fourth-order valence-electron chi connectivity index (χ4n) is 1.34. The maximum Gasteiger partial charge on any atom is 0.337 e. The molecule has 0 saturated heterocycles. The Morgan fingerprint density at radius 2 is 2.46 bits per heavy atom. The van der Waals surface area contributed by atoms with E-state index in [-0.39, 0.29) is 0 Å². The van der Waals surface area contributed by atoms with Crippen molar-refractivity contribution in [1.29, 1.82) is 0 Å². The van der Waals surface area contributed by atoms with Crippen LogP contribution in [0.5, 0.6) is 0 Å². The molecule has 0 fully saturated rings. The minimum atomic E-state index is -0.896. The predicted octanol–water partition coefficient (Wildman–Crippen LogP) is 1.38. The van der Waals surface area contributed by atoms with Crippen molar-refractivity contribution >= 4 is 5.97 Å². The predicted molar refractivity (Wildman–Crippen MR) is 49.6 cm³/mol. The summed E-state index contributed by atoms with van der Waals surface area (Å²) in [5.41, 5.74) is 1.13. The lowest BCUT2D eigenvalue weighted by atomic mass is 10.2. The molecule has 1 rings (SSSR count). The first kappa shape index (κ1) is 9.40. The number of hydrogen-bond acceptors (Lipinski definition) is 1. The van der Waals surface area contributed by atoms with Gasteiger partial charge in [0, 0.05) is 11.9 Å². The van der Waals surface area contributed by atoms with E-state index in [2.05, 4.69) is 5.92 Å². The van der Waals surface area contributed by atoms with Crippen LogP contribution in [-0.2, 0) is 13.0 Å². The highest BCUT2D eigenvalue weighted by atomic mass is 16.4. The maximum atomic E-state index is 10.7. The molecule has 1 aromatic rings. The van der Waals surface area contributed by atoms with E-state index < -0.39 is 5.97 Å². The molecule has 0 atom stereocenters. The third-order valence-corrected chi connectivity index (χ3v) is 1.91. The summed E-state index contributed by atoms with van der Waals surface area (Å²) in [6.45, 7) is 2.34. The first-order chi connectivity index (χ1) is 6.20. The fraction of sp³-hybridized carbons (Fsp3) is 0.300. The zero-order valence-corrected chi connectivity index (χ0v) is 7.45. The number of rotatable bonds is 3. The maximum absolute atomic E-state index is 10.7. The van der Waals surface area contributed by atoms with E-state index in [4.69, 9.17) is 11.5 Å². The lowest BCUT2D eigenvalue weighted by Gasteiger charge is -2.03. The Kier molecular flexibility index (Phi) is 2.76. The summed E-state index contributed by atoms with van der Waals surface area (Å²) < 4.78 is 1.78. The lowest BCUT2D eigenvalue weighted by Crippen LogP contribution is -2.05. The Hall–Kier alpha value is -1.69. The number of hydrogen-bond donors (Lipinski definition) is 1. The van der Waals surface area contributed by atoms with Gasteiger partial charge in [0.2, 0.25) is 0 Å². The summed E-state index contributed by atoms with van der Waals surface area (Å²) in [5.74, 6) is 1.59. The normalized spacial score (nSPS) is 9.54. The molecule has 0 bridgehead atoms. The number of aromatic carboxylic acids is 1. The Balaban J connectivity index is 3.12. The van der Waals surface area contributed by atoms with Gasteiger partial charge >= 0.3 is 5.97 Å². The van der Waals surface area contributed by atoms with Gasteiger partial charge in [-0.25, -0.2) is 4.79 Å². The Bertz CT molecular complexity index is 357. The Morgan fingerprint density at radius 1 is 1.77 bits per heavy atom. The van der Waals surface area contributed by atoms with E-state index in [1.807, 2.05) is 6.92 Å². The molecule has 0 amide bonds. The highest BCUT2D eigenvalue weighted by molar-refractivity contribution is 5.89. The van der Waals surface area contributed by atoms with Crippen molar-refractivity contribution < 1.29 is 9.90 Å². The summed E-state index contributed by atoms with van der Waals surface area (Å²) in [6, 6.07) is 1.58. The molecule has 0 aliphatic rings. The molecule has 0 saturated carbocycles. The number of carbonyl (C=O) groups is 1. The van der Waals surface area contributed by atoms with Crippen molar-refractivity contribution in [3.8, 4) is 12.3 Å². The van der Waals surface area contributed by atoms with Gasteiger partial charge in [-0.2, -0.15) is 0 Å². The van der Waals surface area contributed by atoms with Gasteiger partial charge in [0.25, 0.3) is 0 Å². The van der Waals surface area contributed by atoms with Crippen LogP contribution in [0.2, 0.25) is 0 Å². The van der Waals surface area contributed by atoms with Crippen LogP contribution in [-0.4, -0.2) is 15.6 Å². The zero-order chi connectivity index (χ0) is 9.84. The third kappa shape index (κ3) is 1.73. The standard InChI is InChI=1S/C10H11NO2/c1-3-6-11-7-5-8(10(12)13)9(11)4-2/h1,5,7H,4,6H2,2H3,(H,12,13). The van der Waals surface area contributed by atoms with Crippen LogP contribution < -0.4 is 0 Å². The number of terminal acetylenes is 1. The van der Waals surface area contributed by atoms with E-state index in [1.165, 1.54) is 0 Å². The van der Waals surface area contributed by atoms with Crippen LogP contribution in [0, 0.1) is 12.3 Å². The van der Waals surface area contributed by atoms with Crippen molar-refractivity contribution in [2.24, 2.45) is 0 Å².